The maximum absolute atomic E-state index is 13.3. The molecule has 0 saturated heterocycles. The molecular weight excluding hydrogens is 424 g/mol. The van der Waals surface area contributed by atoms with E-state index in [1.54, 1.807) is 4.90 Å². The number of ether oxygens (including phenoxy) is 1. The van der Waals surface area contributed by atoms with Crippen molar-refractivity contribution in [1.29, 1.82) is 0 Å². The van der Waals surface area contributed by atoms with Gasteiger partial charge in [-0.05, 0) is 56.7 Å². The molecule has 2 aromatic rings. The van der Waals surface area contributed by atoms with Crippen LogP contribution >= 0.6 is 0 Å². The molecule has 1 atom stereocenters. The number of hydrogen-bond acceptors (Lipinski definition) is 3. The second kappa shape index (κ2) is 13.8. The van der Waals surface area contributed by atoms with Crippen LogP contribution in [0.4, 0.5) is 0 Å². The monoisotopic (exact) mass is 464 g/mol. The number of aryl methyl sites for hydroxylation is 1. The van der Waals surface area contributed by atoms with E-state index >= 15 is 0 Å². The highest BCUT2D eigenvalue weighted by Gasteiger charge is 2.29. The molecule has 3 rings (SSSR count). The summed E-state index contributed by atoms with van der Waals surface area (Å²) < 4.78 is 5.81. The Labute approximate surface area is 204 Å². The van der Waals surface area contributed by atoms with Gasteiger partial charge >= 0.3 is 0 Å². The van der Waals surface area contributed by atoms with Crippen LogP contribution in [0.25, 0.3) is 0 Å². The molecule has 1 fully saturated rings. The fourth-order valence-electron chi connectivity index (χ4n) is 4.63. The van der Waals surface area contributed by atoms with E-state index in [1.165, 1.54) is 30.4 Å². The van der Waals surface area contributed by atoms with Crippen LogP contribution in [-0.4, -0.2) is 41.9 Å². The smallest absolute Gasteiger partial charge is 0.243 e. The van der Waals surface area contributed by atoms with Gasteiger partial charge in [0.15, 0.2) is 0 Å². The minimum Gasteiger partial charge on any atom is -0.494 e. The molecule has 0 spiro atoms. The zero-order valence-electron chi connectivity index (χ0n) is 20.8. The molecule has 1 N–H and O–H groups in total. The number of rotatable bonds is 12. The normalized spacial score (nSPS) is 14.9. The van der Waals surface area contributed by atoms with Crippen molar-refractivity contribution in [3.05, 3.63) is 65.7 Å². The lowest BCUT2D eigenvalue weighted by Gasteiger charge is -2.33. The Bertz CT molecular complexity index is 876. The average molecular weight is 465 g/mol. The number of benzene rings is 2. The Hall–Kier alpha value is -2.82. The highest BCUT2D eigenvalue weighted by molar-refractivity contribution is 5.87. The Morgan fingerprint density at radius 2 is 1.74 bits per heavy atom. The number of nitrogens with zero attached hydrogens (tertiary/aromatic N) is 1. The van der Waals surface area contributed by atoms with Crippen LogP contribution in [0.1, 0.15) is 69.4 Å². The van der Waals surface area contributed by atoms with Gasteiger partial charge in [-0.1, -0.05) is 74.2 Å². The molecule has 1 saturated carbocycles. The van der Waals surface area contributed by atoms with Crippen molar-refractivity contribution >= 4 is 11.8 Å². The van der Waals surface area contributed by atoms with Crippen LogP contribution in [0.5, 0.6) is 5.75 Å². The fourth-order valence-corrected chi connectivity index (χ4v) is 4.63. The molecule has 1 aliphatic rings. The number of carbonyl (C=O) groups is 2. The van der Waals surface area contributed by atoms with Crippen molar-refractivity contribution < 1.29 is 14.3 Å². The van der Waals surface area contributed by atoms with E-state index in [0.717, 1.165) is 25.0 Å². The van der Waals surface area contributed by atoms with Crippen LogP contribution in [0, 0.1) is 6.92 Å². The van der Waals surface area contributed by atoms with Crippen molar-refractivity contribution in [2.75, 3.05) is 13.2 Å². The Morgan fingerprint density at radius 3 is 2.41 bits per heavy atom. The number of carbonyl (C=O) groups excluding carboxylic acids is 2. The van der Waals surface area contributed by atoms with Gasteiger partial charge in [0.1, 0.15) is 11.8 Å². The molecule has 184 valence electrons. The molecule has 0 bridgehead atoms. The van der Waals surface area contributed by atoms with Crippen molar-refractivity contribution in [3.8, 4) is 5.75 Å². The molecule has 34 heavy (non-hydrogen) atoms. The average Bonchev–Trinajstić information content (AvgIpc) is 2.86. The summed E-state index contributed by atoms with van der Waals surface area (Å²) in [6.07, 6.45) is 7.99. The lowest BCUT2D eigenvalue weighted by Crippen LogP contribution is -2.52. The summed E-state index contributed by atoms with van der Waals surface area (Å²) in [6.45, 7) is 5.06. The molecule has 1 aliphatic carbocycles. The maximum Gasteiger partial charge on any atom is 0.243 e. The van der Waals surface area contributed by atoms with E-state index in [-0.39, 0.29) is 17.9 Å². The first-order valence-corrected chi connectivity index (χ1v) is 12.9. The standard InChI is InChI=1S/C29H40N2O3/c1-3-27(29(33)30-25-13-8-5-9-14-25)31(21-20-24-11-6-4-7-12-24)28(32)15-10-22-34-26-18-16-23(2)17-19-26/h4,6-7,11-12,16-19,25,27H,3,5,8-10,13-15,20-22H2,1-2H3,(H,30,33)/t27-/m0/s1. The number of hydrogen-bond donors (Lipinski definition) is 1. The van der Waals surface area contributed by atoms with Gasteiger partial charge in [0, 0.05) is 19.0 Å². The van der Waals surface area contributed by atoms with Crippen molar-refractivity contribution in [2.24, 2.45) is 0 Å². The van der Waals surface area contributed by atoms with Crippen LogP contribution in [0.15, 0.2) is 54.6 Å². The first-order chi connectivity index (χ1) is 16.6. The summed E-state index contributed by atoms with van der Waals surface area (Å²) >= 11 is 0. The maximum atomic E-state index is 13.3. The largest absolute Gasteiger partial charge is 0.494 e. The number of nitrogens with one attached hydrogen (secondary N) is 1. The van der Waals surface area contributed by atoms with E-state index in [0.29, 0.717) is 32.4 Å². The Kier molecular flexibility index (Phi) is 10.5. The molecule has 2 amide bonds. The van der Waals surface area contributed by atoms with Crippen LogP contribution in [0.3, 0.4) is 0 Å². The molecule has 5 nitrogen and oxygen atoms in total. The van der Waals surface area contributed by atoms with E-state index in [2.05, 4.69) is 17.4 Å². The van der Waals surface area contributed by atoms with Crippen molar-refractivity contribution in [3.63, 3.8) is 0 Å². The summed E-state index contributed by atoms with van der Waals surface area (Å²) in [5.41, 5.74) is 2.36. The Balaban J connectivity index is 1.59. The van der Waals surface area contributed by atoms with Crippen molar-refractivity contribution in [1.82, 2.24) is 10.2 Å². The van der Waals surface area contributed by atoms with Crippen molar-refractivity contribution in [2.45, 2.75) is 83.7 Å². The minimum absolute atomic E-state index is 0.00767. The second-order valence-corrected chi connectivity index (χ2v) is 9.36. The zero-order valence-corrected chi connectivity index (χ0v) is 20.8. The molecule has 0 radical (unpaired) electrons. The lowest BCUT2D eigenvalue weighted by atomic mass is 9.95. The molecule has 0 heterocycles. The van der Waals surface area contributed by atoms with E-state index in [4.69, 9.17) is 4.74 Å². The van der Waals surface area contributed by atoms with E-state index < -0.39 is 6.04 Å². The summed E-state index contributed by atoms with van der Waals surface area (Å²) in [6, 6.07) is 17.9. The molecule has 5 heteroatoms. The summed E-state index contributed by atoms with van der Waals surface area (Å²) in [5, 5.41) is 3.24. The van der Waals surface area contributed by atoms with E-state index in [9.17, 15) is 9.59 Å². The Morgan fingerprint density at radius 1 is 1.03 bits per heavy atom. The first kappa shape index (κ1) is 25.8. The highest BCUT2D eigenvalue weighted by atomic mass is 16.5. The molecule has 2 aromatic carbocycles. The van der Waals surface area contributed by atoms with Gasteiger partial charge in [0.25, 0.3) is 0 Å². The molecule has 0 aromatic heterocycles. The zero-order chi connectivity index (χ0) is 24.2. The quantitative estimate of drug-likeness (QED) is 0.425. The van der Waals surface area contributed by atoms with Gasteiger partial charge in [-0.15, -0.1) is 0 Å². The number of amides is 2. The first-order valence-electron chi connectivity index (χ1n) is 12.9. The van der Waals surface area contributed by atoms with Crippen LogP contribution in [0.2, 0.25) is 0 Å². The fraction of sp³-hybridized carbons (Fsp3) is 0.517. The molecule has 0 aliphatic heterocycles. The summed E-state index contributed by atoms with van der Waals surface area (Å²) in [4.78, 5) is 28.3. The summed E-state index contributed by atoms with van der Waals surface area (Å²) in [5.74, 6) is 0.832. The third-order valence-corrected chi connectivity index (χ3v) is 6.65. The minimum atomic E-state index is -0.434. The third kappa shape index (κ3) is 8.19. The SMILES string of the molecule is CC[C@@H](C(=O)NC1CCCCC1)N(CCc1ccccc1)C(=O)CCCOc1ccc(C)cc1. The van der Waals surface area contributed by atoms with Crippen LogP contribution < -0.4 is 10.1 Å². The second-order valence-electron chi connectivity index (χ2n) is 9.36. The highest BCUT2D eigenvalue weighted by Crippen LogP contribution is 2.19. The van der Waals surface area contributed by atoms with Gasteiger partial charge in [-0.2, -0.15) is 0 Å². The van der Waals surface area contributed by atoms with Gasteiger partial charge in [-0.3, -0.25) is 9.59 Å². The third-order valence-electron chi connectivity index (χ3n) is 6.65. The summed E-state index contributed by atoms with van der Waals surface area (Å²) in [7, 11) is 0. The van der Waals surface area contributed by atoms with Gasteiger partial charge in [-0.25, -0.2) is 0 Å². The lowest BCUT2D eigenvalue weighted by molar-refractivity contribution is -0.141. The van der Waals surface area contributed by atoms with Gasteiger partial charge in [0.2, 0.25) is 11.8 Å². The molecular formula is C29H40N2O3. The van der Waals surface area contributed by atoms with Gasteiger partial charge in [0.05, 0.1) is 6.61 Å². The van der Waals surface area contributed by atoms with Gasteiger partial charge < -0.3 is 15.0 Å². The predicted molar refractivity (Wildman–Crippen MR) is 137 cm³/mol. The van der Waals surface area contributed by atoms with Crippen LogP contribution in [-0.2, 0) is 16.0 Å². The topological polar surface area (TPSA) is 58.6 Å². The molecule has 0 unspecified atom stereocenters. The predicted octanol–water partition coefficient (Wildman–Crippen LogP) is 5.45. The van der Waals surface area contributed by atoms with E-state index in [1.807, 2.05) is 56.3 Å².